The van der Waals surface area contributed by atoms with Gasteiger partial charge in [-0.1, -0.05) is 0 Å². The minimum atomic E-state index is 0. The summed E-state index contributed by atoms with van der Waals surface area (Å²) in [6.45, 7) is 0. The maximum atomic E-state index is 0. The first-order valence-corrected chi connectivity index (χ1v) is 0. The first kappa shape index (κ1) is 30.4. The van der Waals surface area contributed by atoms with Gasteiger partial charge in [0.15, 0.2) is 0 Å². The van der Waals surface area contributed by atoms with Gasteiger partial charge in [0, 0.05) is 81.2 Å². The number of hydrogen-bond acceptors (Lipinski definition) is 0. The van der Waals surface area contributed by atoms with Crippen LogP contribution in [0.3, 0.4) is 0 Å². The Morgan fingerprint density at radius 3 is 1.00 bits per heavy atom. The van der Waals surface area contributed by atoms with Gasteiger partial charge in [0.25, 0.3) is 0 Å². The van der Waals surface area contributed by atoms with E-state index in [4.69, 9.17) is 0 Å². The molecule has 0 radical (unpaired) electrons. The summed E-state index contributed by atoms with van der Waals surface area (Å²) < 4.78 is 0. The quantitative estimate of drug-likeness (QED) is 0.520. The Hall–Kier alpha value is 2.62. The van der Waals surface area contributed by atoms with Crippen molar-refractivity contribution in [1.82, 2.24) is 0 Å². The summed E-state index contributed by atoms with van der Waals surface area (Å²) in [6.07, 6.45) is 0. The number of hydrogen-bond donors (Lipinski definition) is 0. The SMILES string of the molecule is [Cr].[Mo].[Ti].[W]. The molecule has 0 saturated carbocycles. The Labute approximate surface area is 80.0 Å². The van der Waals surface area contributed by atoms with E-state index in [1.807, 2.05) is 0 Å². The van der Waals surface area contributed by atoms with Crippen LogP contribution in [0, 0.1) is 0 Å². The molecule has 0 atom stereocenters. The minimum absolute atomic E-state index is 0. The van der Waals surface area contributed by atoms with Gasteiger partial charge in [-0.25, -0.2) is 0 Å². The van der Waals surface area contributed by atoms with Crippen molar-refractivity contribution in [3.63, 3.8) is 0 Å². The third-order valence-electron chi connectivity index (χ3n) is 0. The summed E-state index contributed by atoms with van der Waals surface area (Å²) in [5.41, 5.74) is 0. The fraction of sp³-hybridized carbons (Fsp3) is 0. The van der Waals surface area contributed by atoms with Gasteiger partial charge < -0.3 is 0 Å². The van der Waals surface area contributed by atoms with E-state index >= 15 is 0 Å². The summed E-state index contributed by atoms with van der Waals surface area (Å²) in [7, 11) is 0. The Bertz CT molecular complexity index is 8.00. The molecule has 4 heteroatoms. The predicted octanol–water partition coefficient (Wildman–Crippen LogP) is -0.0100. The smallest absolute Gasteiger partial charge is 0 e. The van der Waals surface area contributed by atoms with Crippen LogP contribution in [0.5, 0.6) is 0 Å². The van der Waals surface area contributed by atoms with Gasteiger partial charge in [-0.2, -0.15) is 0 Å². The van der Waals surface area contributed by atoms with E-state index in [1.165, 1.54) is 0 Å². The molecule has 0 fully saturated rings. The van der Waals surface area contributed by atoms with Crippen molar-refractivity contribution in [2.45, 2.75) is 0 Å². The molecule has 0 rings (SSSR count). The average molecular weight is 380 g/mol. The Morgan fingerprint density at radius 1 is 1.00 bits per heavy atom. The van der Waals surface area contributed by atoms with Crippen molar-refractivity contribution >= 4 is 0 Å². The molecular weight excluding hydrogens is 380 g/mol. The second-order valence-electron chi connectivity index (χ2n) is 0. The molecule has 0 aliphatic heterocycles. The van der Waals surface area contributed by atoms with Gasteiger partial charge in [0.2, 0.25) is 0 Å². The fourth-order valence-electron chi connectivity index (χ4n) is 0. The maximum absolute atomic E-state index is 0. The molecule has 0 aliphatic carbocycles. The van der Waals surface area contributed by atoms with Crippen LogP contribution >= 0.6 is 0 Å². The van der Waals surface area contributed by atoms with Gasteiger partial charge in [-0.15, -0.1) is 0 Å². The minimum Gasteiger partial charge on any atom is 0 e. The molecule has 0 aliphatic rings. The molecule has 4 heavy (non-hydrogen) atoms. The molecule has 0 aromatic rings. The van der Waals surface area contributed by atoms with Crippen LogP contribution in [0.2, 0.25) is 0 Å². The third kappa shape index (κ3) is 8.82. The summed E-state index contributed by atoms with van der Waals surface area (Å²) in [5, 5.41) is 0. The molecule has 0 saturated heterocycles. The van der Waals surface area contributed by atoms with Crippen molar-refractivity contribution in [3.8, 4) is 0 Å². The zero-order valence-electron chi connectivity index (χ0n) is 1.72. The van der Waals surface area contributed by atoms with Crippen LogP contribution in [-0.2, 0) is 81.2 Å². The zero-order valence-corrected chi connectivity index (χ0v) is 9.50. The van der Waals surface area contributed by atoms with Crippen LogP contribution in [0.4, 0.5) is 0 Å². The average Bonchev–Trinajstić information content (AvgIpc) is 0. The molecule has 0 bridgehead atoms. The van der Waals surface area contributed by atoms with Crippen molar-refractivity contribution in [2.75, 3.05) is 0 Å². The van der Waals surface area contributed by atoms with Crippen molar-refractivity contribution in [2.24, 2.45) is 0 Å². The van der Waals surface area contributed by atoms with Crippen LogP contribution in [0.15, 0.2) is 0 Å². The van der Waals surface area contributed by atoms with Gasteiger partial charge in [-0.05, 0) is 0 Å². The summed E-state index contributed by atoms with van der Waals surface area (Å²) >= 11 is 0. The van der Waals surface area contributed by atoms with E-state index in [2.05, 4.69) is 0 Å². The molecular formula is CrMoTiW. The van der Waals surface area contributed by atoms with E-state index in [0.29, 0.717) is 0 Å². The fourth-order valence-corrected chi connectivity index (χ4v) is 0. The zero-order chi connectivity index (χ0) is 0. The van der Waals surface area contributed by atoms with Gasteiger partial charge in [-0.3, -0.25) is 0 Å². The van der Waals surface area contributed by atoms with Crippen LogP contribution in [-0.4, -0.2) is 0 Å². The van der Waals surface area contributed by atoms with Crippen molar-refractivity contribution < 1.29 is 81.2 Å². The third-order valence-corrected chi connectivity index (χ3v) is 0. The van der Waals surface area contributed by atoms with Crippen LogP contribution in [0.1, 0.15) is 0 Å². The van der Waals surface area contributed by atoms with E-state index in [0.717, 1.165) is 0 Å². The molecule has 0 aromatic carbocycles. The molecule has 0 heterocycles. The van der Waals surface area contributed by atoms with E-state index < -0.39 is 0 Å². The molecule has 0 spiro atoms. The molecule has 0 aromatic heterocycles. The second-order valence-corrected chi connectivity index (χ2v) is 0. The Kier molecular flexibility index (Phi) is 133. The first-order chi connectivity index (χ1) is 0. The van der Waals surface area contributed by atoms with Gasteiger partial charge in [0.1, 0.15) is 0 Å². The van der Waals surface area contributed by atoms with Crippen LogP contribution < -0.4 is 0 Å². The summed E-state index contributed by atoms with van der Waals surface area (Å²) in [5.74, 6) is 0. The number of rotatable bonds is 0. The van der Waals surface area contributed by atoms with Gasteiger partial charge >= 0.3 is 0 Å². The summed E-state index contributed by atoms with van der Waals surface area (Å²) in [6, 6.07) is 0. The molecule has 0 N–H and O–H groups in total. The van der Waals surface area contributed by atoms with E-state index in [9.17, 15) is 0 Å². The standard InChI is InChI=1S/Cr.Mo.Ti.W. The molecule has 0 amide bonds. The topological polar surface area (TPSA) is 0 Å². The normalized spacial score (nSPS) is 0. The largest absolute Gasteiger partial charge is 0 e. The van der Waals surface area contributed by atoms with Crippen molar-refractivity contribution in [3.05, 3.63) is 0 Å². The Morgan fingerprint density at radius 2 is 1.00 bits per heavy atom. The van der Waals surface area contributed by atoms with Crippen molar-refractivity contribution in [1.29, 1.82) is 0 Å². The molecule has 0 unspecified atom stereocenters. The molecule has 22 valence electrons. The van der Waals surface area contributed by atoms with Gasteiger partial charge in [0.05, 0.1) is 0 Å². The monoisotopic (exact) mass is 382 g/mol. The second kappa shape index (κ2) is 17.5. The Balaban J connectivity index is 0. The van der Waals surface area contributed by atoms with Crippen LogP contribution in [0.25, 0.3) is 0 Å². The predicted molar refractivity (Wildman–Crippen MR) is 0 cm³/mol. The molecule has 0 nitrogen and oxygen atoms in total. The summed E-state index contributed by atoms with van der Waals surface area (Å²) in [4.78, 5) is 0. The van der Waals surface area contributed by atoms with E-state index in [-0.39, 0.29) is 81.2 Å². The first-order valence-electron chi connectivity index (χ1n) is 0. The maximum Gasteiger partial charge on any atom is 0 e. The van der Waals surface area contributed by atoms with E-state index in [1.54, 1.807) is 0 Å².